The van der Waals surface area contributed by atoms with Crippen molar-refractivity contribution in [1.82, 2.24) is 19.6 Å². The molecule has 0 spiro atoms. The highest BCUT2D eigenvalue weighted by Gasteiger charge is 2.34. The number of piperidine rings is 1. The fourth-order valence-electron chi connectivity index (χ4n) is 3.71. The maximum Gasteiger partial charge on any atom is 0.260 e. The Hall–Kier alpha value is -1.41. The molecule has 2 atom stereocenters. The van der Waals surface area contributed by atoms with Crippen molar-refractivity contribution in [2.75, 3.05) is 13.1 Å². The van der Waals surface area contributed by atoms with Gasteiger partial charge in [0.15, 0.2) is 5.03 Å². The molecule has 1 aliphatic heterocycles. The minimum absolute atomic E-state index is 0.0901. The van der Waals surface area contributed by atoms with E-state index >= 15 is 0 Å². The number of aromatic nitrogens is 2. The summed E-state index contributed by atoms with van der Waals surface area (Å²) in [5.74, 6) is 0.531. The maximum atomic E-state index is 12.5. The molecular weight excluding hydrogens is 328 g/mol. The number of H-pyrrole nitrogens is 1. The molecule has 2 fully saturated rings. The number of carbonyl (C=O) groups excluding carboxylic acids is 1. The molecule has 3 rings (SSSR count). The Bertz CT molecular complexity index is 651. The van der Waals surface area contributed by atoms with E-state index in [-0.39, 0.29) is 22.9 Å². The number of nitrogens with zero attached hydrogens (tertiary/aromatic N) is 2. The molecule has 134 valence electrons. The van der Waals surface area contributed by atoms with Crippen LogP contribution in [0.1, 0.15) is 45.4 Å². The number of imidazole rings is 1. The first kappa shape index (κ1) is 17.4. The van der Waals surface area contributed by atoms with Crippen LogP contribution in [0.5, 0.6) is 0 Å². The Morgan fingerprint density at radius 2 is 1.96 bits per heavy atom. The SMILES string of the molecule is C[C@H]1CCCC[C@@H]1NC(=O)C1CCN(S(=O)(=O)c2cnc[nH]2)CC1. The van der Waals surface area contributed by atoms with Crippen molar-refractivity contribution >= 4 is 15.9 Å². The number of amides is 1. The topological polar surface area (TPSA) is 95.2 Å². The smallest absolute Gasteiger partial charge is 0.260 e. The second-order valence-electron chi connectivity index (χ2n) is 6.97. The highest BCUT2D eigenvalue weighted by molar-refractivity contribution is 7.89. The van der Waals surface area contributed by atoms with Gasteiger partial charge in [-0.25, -0.2) is 13.4 Å². The monoisotopic (exact) mass is 354 g/mol. The molecular formula is C16H26N4O3S. The lowest BCUT2D eigenvalue weighted by molar-refractivity contribution is -0.127. The fraction of sp³-hybridized carbons (Fsp3) is 0.750. The number of sulfonamides is 1. The minimum atomic E-state index is -3.52. The van der Waals surface area contributed by atoms with Crippen LogP contribution in [0.3, 0.4) is 0 Å². The number of hydrogen-bond acceptors (Lipinski definition) is 4. The Kier molecular flexibility index (Phi) is 5.24. The molecule has 2 aliphatic rings. The zero-order valence-corrected chi connectivity index (χ0v) is 14.9. The summed E-state index contributed by atoms with van der Waals surface area (Å²) >= 11 is 0. The number of carbonyl (C=O) groups is 1. The van der Waals surface area contributed by atoms with Crippen LogP contribution in [0.4, 0.5) is 0 Å². The third-order valence-electron chi connectivity index (χ3n) is 5.35. The van der Waals surface area contributed by atoms with Crippen molar-refractivity contribution in [3.63, 3.8) is 0 Å². The van der Waals surface area contributed by atoms with Gasteiger partial charge in [0.1, 0.15) is 0 Å². The van der Waals surface area contributed by atoms with Gasteiger partial charge in [-0.15, -0.1) is 0 Å². The first-order valence-electron chi connectivity index (χ1n) is 8.77. The van der Waals surface area contributed by atoms with Gasteiger partial charge in [-0.3, -0.25) is 4.79 Å². The van der Waals surface area contributed by atoms with E-state index in [1.54, 1.807) is 0 Å². The standard InChI is InChI=1S/C16H26N4O3S/c1-12-4-2-3-5-14(12)19-16(21)13-6-8-20(9-7-13)24(22,23)15-10-17-11-18-15/h10-14H,2-9H2,1H3,(H,17,18)(H,19,21)/t12-,14-/m0/s1. The molecule has 0 bridgehead atoms. The normalized spacial score (nSPS) is 27.0. The third-order valence-corrected chi connectivity index (χ3v) is 7.18. The van der Waals surface area contributed by atoms with Gasteiger partial charge in [-0.1, -0.05) is 19.8 Å². The van der Waals surface area contributed by atoms with Gasteiger partial charge >= 0.3 is 0 Å². The molecule has 2 N–H and O–H groups in total. The van der Waals surface area contributed by atoms with Crippen LogP contribution in [-0.4, -0.2) is 47.7 Å². The Balaban J connectivity index is 1.54. The van der Waals surface area contributed by atoms with Crippen LogP contribution in [0, 0.1) is 11.8 Å². The first-order valence-corrected chi connectivity index (χ1v) is 10.2. The van der Waals surface area contributed by atoms with Crippen molar-refractivity contribution in [2.45, 2.75) is 56.5 Å². The number of aromatic amines is 1. The van der Waals surface area contributed by atoms with Gasteiger partial charge < -0.3 is 10.3 Å². The van der Waals surface area contributed by atoms with Gasteiger partial charge in [-0.05, 0) is 31.6 Å². The van der Waals surface area contributed by atoms with Crippen LogP contribution in [0.2, 0.25) is 0 Å². The largest absolute Gasteiger partial charge is 0.353 e. The summed E-state index contributed by atoms with van der Waals surface area (Å²) in [6.07, 6.45) is 8.47. The molecule has 1 amide bonds. The van der Waals surface area contributed by atoms with Crippen LogP contribution in [0.15, 0.2) is 17.6 Å². The van der Waals surface area contributed by atoms with E-state index in [1.165, 1.54) is 36.1 Å². The number of nitrogens with one attached hydrogen (secondary N) is 2. The summed E-state index contributed by atoms with van der Waals surface area (Å²) in [6.45, 7) is 2.95. The summed E-state index contributed by atoms with van der Waals surface area (Å²) in [7, 11) is -3.52. The lowest BCUT2D eigenvalue weighted by atomic mass is 9.85. The van der Waals surface area contributed by atoms with Gasteiger partial charge in [0.25, 0.3) is 10.0 Å². The molecule has 0 aromatic carbocycles. The summed E-state index contributed by atoms with van der Waals surface area (Å²) < 4.78 is 26.3. The predicted molar refractivity (Wildman–Crippen MR) is 89.6 cm³/mol. The quantitative estimate of drug-likeness (QED) is 0.857. The van der Waals surface area contributed by atoms with Crippen molar-refractivity contribution in [3.05, 3.63) is 12.5 Å². The maximum absolute atomic E-state index is 12.5. The van der Waals surface area contributed by atoms with Crippen LogP contribution >= 0.6 is 0 Å². The number of hydrogen-bond donors (Lipinski definition) is 2. The predicted octanol–water partition coefficient (Wildman–Crippen LogP) is 1.51. The van der Waals surface area contributed by atoms with E-state index in [4.69, 9.17) is 0 Å². The third kappa shape index (κ3) is 3.64. The van der Waals surface area contributed by atoms with Gasteiger partial charge in [0.2, 0.25) is 5.91 Å². The lowest BCUT2D eigenvalue weighted by Gasteiger charge is -2.33. The molecule has 1 aliphatic carbocycles. The molecule has 0 unspecified atom stereocenters. The molecule has 0 radical (unpaired) electrons. The molecule has 24 heavy (non-hydrogen) atoms. The zero-order chi connectivity index (χ0) is 17.2. The zero-order valence-electron chi connectivity index (χ0n) is 14.1. The average Bonchev–Trinajstić information content (AvgIpc) is 3.12. The Morgan fingerprint density at radius 1 is 1.25 bits per heavy atom. The van der Waals surface area contributed by atoms with Crippen LogP contribution in [0.25, 0.3) is 0 Å². The van der Waals surface area contributed by atoms with Crippen molar-refractivity contribution in [2.24, 2.45) is 11.8 Å². The lowest BCUT2D eigenvalue weighted by Crippen LogP contribution is -2.47. The second-order valence-corrected chi connectivity index (χ2v) is 8.88. The molecule has 1 saturated carbocycles. The molecule has 1 saturated heterocycles. The molecule has 1 aromatic heterocycles. The van der Waals surface area contributed by atoms with Crippen LogP contribution < -0.4 is 5.32 Å². The highest BCUT2D eigenvalue weighted by Crippen LogP contribution is 2.26. The van der Waals surface area contributed by atoms with Crippen LogP contribution in [-0.2, 0) is 14.8 Å². The minimum Gasteiger partial charge on any atom is -0.353 e. The Labute approximate surface area is 143 Å². The fourth-order valence-corrected chi connectivity index (χ4v) is 5.08. The van der Waals surface area contributed by atoms with E-state index in [0.717, 1.165) is 6.42 Å². The van der Waals surface area contributed by atoms with Gasteiger partial charge in [0.05, 0.1) is 12.5 Å². The van der Waals surface area contributed by atoms with Crippen molar-refractivity contribution in [1.29, 1.82) is 0 Å². The summed E-state index contributed by atoms with van der Waals surface area (Å²) in [5, 5.41) is 3.31. The summed E-state index contributed by atoms with van der Waals surface area (Å²) in [5.41, 5.74) is 0. The summed E-state index contributed by atoms with van der Waals surface area (Å²) in [4.78, 5) is 18.9. The van der Waals surface area contributed by atoms with Gasteiger partial charge in [0, 0.05) is 25.0 Å². The molecule has 7 nitrogen and oxygen atoms in total. The Morgan fingerprint density at radius 3 is 2.58 bits per heavy atom. The summed E-state index contributed by atoms with van der Waals surface area (Å²) in [6, 6.07) is 0.276. The average molecular weight is 354 g/mol. The second kappa shape index (κ2) is 7.23. The van der Waals surface area contributed by atoms with E-state index in [0.29, 0.717) is 31.8 Å². The molecule has 8 heteroatoms. The number of rotatable bonds is 4. The van der Waals surface area contributed by atoms with Gasteiger partial charge in [-0.2, -0.15) is 4.31 Å². The van der Waals surface area contributed by atoms with Crippen molar-refractivity contribution in [3.8, 4) is 0 Å². The highest BCUT2D eigenvalue weighted by atomic mass is 32.2. The first-order chi connectivity index (χ1) is 11.5. The van der Waals surface area contributed by atoms with E-state index in [9.17, 15) is 13.2 Å². The molecule has 2 heterocycles. The van der Waals surface area contributed by atoms with E-state index in [2.05, 4.69) is 22.2 Å². The molecule has 1 aromatic rings. The van der Waals surface area contributed by atoms with E-state index < -0.39 is 10.0 Å². The van der Waals surface area contributed by atoms with Crippen molar-refractivity contribution < 1.29 is 13.2 Å². The van der Waals surface area contributed by atoms with E-state index in [1.807, 2.05) is 0 Å².